The number of nitrogens with zero attached hydrogens (tertiary/aromatic N) is 2. The molecule has 1 rings (SSSR count). The van der Waals surface area contributed by atoms with Crippen LogP contribution >= 0.6 is 15.9 Å². The molecule has 0 spiro atoms. The molecular formula is C12H21BrN4O. The Hall–Kier alpha value is -0.880. The van der Waals surface area contributed by atoms with Crippen molar-refractivity contribution in [3.8, 4) is 0 Å². The van der Waals surface area contributed by atoms with E-state index in [0.717, 1.165) is 6.42 Å². The Morgan fingerprint density at radius 3 is 2.78 bits per heavy atom. The molecule has 0 bridgehead atoms. The topological polar surface area (TPSA) is 72.9 Å². The van der Waals surface area contributed by atoms with Gasteiger partial charge in [0, 0.05) is 19.1 Å². The zero-order valence-corrected chi connectivity index (χ0v) is 12.7. The smallest absolute Gasteiger partial charge is 0.283 e. The second-order valence-corrected chi connectivity index (χ2v) is 5.60. The van der Waals surface area contributed by atoms with Crippen LogP contribution in [-0.2, 0) is 6.54 Å². The van der Waals surface area contributed by atoms with Gasteiger partial charge in [0.05, 0.1) is 11.9 Å². The first-order valence-corrected chi connectivity index (χ1v) is 7.00. The van der Waals surface area contributed by atoms with Gasteiger partial charge in [0.25, 0.3) is 5.56 Å². The van der Waals surface area contributed by atoms with Gasteiger partial charge in [-0.2, -0.15) is 5.10 Å². The molecule has 0 saturated heterocycles. The zero-order valence-electron chi connectivity index (χ0n) is 11.1. The fourth-order valence-corrected chi connectivity index (χ4v) is 1.90. The standard InChI is InChI=1S/C12H21BrN4O/c1-4-9(14)5-15-10-6-16-17(7-8(2)3)12(18)11(10)13/h6,8-9,15H,4-5,7,14H2,1-3H3. The van der Waals surface area contributed by atoms with E-state index >= 15 is 0 Å². The number of rotatable bonds is 6. The van der Waals surface area contributed by atoms with Crippen molar-refractivity contribution in [3.63, 3.8) is 0 Å². The van der Waals surface area contributed by atoms with E-state index in [2.05, 4.69) is 40.2 Å². The van der Waals surface area contributed by atoms with Gasteiger partial charge in [-0.15, -0.1) is 0 Å². The van der Waals surface area contributed by atoms with Crippen LogP contribution in [0.2, 0.25) is 0 Å². The maximum atomic E-state index is 12.0. The first-order valence-electron chi connectivity index (χ1n) is 6.20. The van der Waals surface area contributed by atoms with Gasteiger partial charge in [-0.25, -0.2) is 4.68 Å². The highest BCUT2D eigenvalue weighted by Gasteiger charge is 2.10. The van der Waals surface area contributed by atoms with Gasteiger partial charge >= 0.3 is 0 Å². The van der Waals surface area contributed by atoms with Crippen LogP contribution in [0.5, 0.6) is 0 Å². The molecule has 6 heteroatoms. The lowest BCUT2D eigenvalue weighted by molar-refractivity contribution is 0.462. The number of halogens is 1. The van der Waals surface area contributed by atoms with Gasteiger partial charge < -0.3 is 11.1 Å². The summed E-state index contributed by atoms with van der Waals surface area (Å²) in [4.78, 5) is 12.0. The number of hydrogen-bond donors (Lipinski definition) is 2. The molecule has 18 heavy (non-hydrogen) atoms. The predicted octanol–water partition coefficient (Wildman–Crippen LogP) is 1.81. The van der Waals surface area contributed by atoms with E-state index in [1.165, 1.54) is 4.68 Å². The Morgan fingerprint density at radius 1 is 1.56 bits per heavy atom. The van der Waals surface area contributed by atoms with Gasteiger partial charge in [-0.05, 0) is 28.3 Å². The van der Waals surface area contributed by atoms with Crippen molar-refractivity contribution in [2.75, 3.05) is 11.9 Å². The number of aromatic nitrogens is 2. The average molecular weight is 317 g/mol. The largest absolute Gasteiger partial charge is 0.381 e. The van der Waals surface area contributed by atoms with E-state index in [1.54, 1.807) is 6.20 Å². The summed E-state index contributed by atoms with van der Waals surface area (Å²) >= 11 is 3.32. The van der Waals surface area contributed by atoms with Crippen LogP contribution in [0.25, 0.3) is 0 Å². The highest BCUT2D eigenvalue weighted by Crippen LogP contribution is 2.16. The maximum absolute atomic E-state index is 12.0. The molecule has 0 amide bonds. The first kappa shape index (κ1) is 15.2. The first-order chi connectivity index (χ1) is 8.45. The van der Waals surface area contributed by atoms with E-state index in [4.69, 9.17) is 5.73 Å². The van der Waals surface area contributed by atoms with Crippen molar-refractivity contribution in [2.24, 2.45) is 11.7 Å². The second-order valence-electron chi connectivity index (χ2n) is 4.80. The van der Waals surface area contributed by atoms with E-state index in [0.29, 0.717) is 29.2 Å². The van der Waals surface area contributed by atoms with E-state index < -0.39 is 0 Å². The third-order valence-corrected chi connectivity index (χ3v) is 3.37. The second kappa shape index (κ2) is 6.89. The molecule has 1 heterocycles. The van der Waals surface area contributed by atoms with Crippen LogP contribution in [-0.4, -0.2) is 22.4 Å². The molecule has 0 radical (unpaired) electrons. The predicted molar refractivity (Wildman–Crippen MR) is 77.8 cm³/mol. The molecule has 0 aliphatic rings. The molecule has 1 unspecified atom stereocenters. The number of nitrogens with two attached hydrogens (primary N) is 1. The summed E-state index contributed by atoms with van der Waals surface area (Å²) in [5.74, 6) is 0.384. The lowest BCUT2D eigenvalue weighted by atomic mass is 10.2. The minimum absolute atomic E-state index is 0.0787. The van der Waals surface area contributed by atoms with Gasteiger partial charge in [-0.3, -0.25) is 4.79 Å². The summed E-state index contributed by atoms with van der Waals surface area (Å²) in [6.07, 6.45) is 2.55. The van der Waals surface area contributed by atoms with Gasteiger partial charge in [0.2, 0.25) is 0 Å². The van der Waals surface area contributed by atoms with E-state index in [1.807, 2.05) is 6.92 Å². The molecule has 3 N–H and O–H groups in total. The molecule has 1 aromatic rings. The quantitative estimate of drug-likeness (QED) is 0.839. The van der Waals surface area contributed by atoms with Crippen molar-refractivity contribution in [2.45, 2.75) is 39.8 Å². The molecule has 0 aromatic carbocycles. The normalized spacial score (nSPS) is 12.8. The summed E-state index contributed by atoms with van der Waals surface area (Å²) in [6.45, 7) is 7.37. The third kappa shape index (κ3) is 4.10. The Kier molecular flexibility index (Phi) is 5.81. The number of hydrogen-bond acceptors (Lipinski definition) is 4. The molecule has 0 aliphatic heterocycles. The number of anilines is 1. The van der Waals surface area contributed by atoms with Crippen molar-refractivity contribution >= 4 is 21.6 Å². The van der Waals surface area contributed by atoms with E-state index in [9.17, 15) is 4.79 Å². The monoisotopic (exact) mass is 316 g/mol. The Morgan fingerprint density at radius 2 is 2.22 bits per heavy atom. The Bertz CT molecular complexity index is 444. The minimum atomic E-state index is -0.112. The summed E-state index contributed by atoms with van der Waals surface area (Å²) < 4.78 is 1.99. The van der Waals surface area contributed by atoms with Crippen molar-refractivity contribution in [1.82, 2.24) is 9.78 Å². The molecule has 0 aliphatic carbocycles. The van der Waals surface area contributed by atoms with Crippen LogP contribution in [0, 0.1) is 5.92 Å². The summed E-state index contributed by atoms with van der Waals surface area (Å²) in [5.41, 5.74) is 6.41. The van der Waals surface area contributed by atoms with Crippen molar-refractivity contribution in [3.05, 3.63) is 21.0 Å². The van der Waals surface area contributed by atoms with Crippen LogP contribution in [0.3, 0.4) is 0 Å². The lowest BCUT2D eigenvalue weighted by Crippen LogP contribution is -2.30. The van der Waals surface area contributed by atoms with Crippen LogP contribution in [0.15, 0.2) is 15.5 Å². The molecule has 102 valence electrons. The minimum Gasteiger partial charge on any atom is -0.381 e. The highest BCUT2D eigenvalue weighted by molar-refractivity contribution is 9.10. The molecule has 5 nitrogen and oxygen atoms in total. The summed E-state index contributed by atoms with van der Waals surface area (Å²) in [7, 11) is 0. The van der Waals surface area contributed by atoms with Crippen LogP contribution in [0.4, 0.5) is 5.69 Å². The maximum Gasteiger partial charge on any atom is 0.283 e. The summed E-state index contributed by atoms with van der Waals surface area (Å²) in [5, 5.41) is 7.29. The van der Waals surface area contributed by atoms with E-state index in [-0.39, 0.29) is 11.6 Å². The van der Waals surface area contributed by atoms with Crippen LogP contribution in [0.1, 0.15) is 27.2 Å². The summed E-state index contributed by atoms with van der Waals surface area (Å²) in [6, 6.07) is 0.0787. The Labute approximate surface area is 116 Å². The van der Waals surface area contributed by atoms with Gasteiger partial charge in [-0.1, -0.05) is 20.8 Å². The molecule has 1 atom stereocenters. The molecular weight excluding hydrogens is 296 g/mol. The average Bonchev–Trinajstić information content (AvgIpc) is 2.33. The fourth-order valence-electron chi connectivity index (χ4n) is 1.45. The zero-order chi connectivity index (χ0) is 13.7. The molecule has 0 fully saturated rings. The number of nitrogens with one attached hydrogen (secondary N) is 1. The van der Waals surface area contributed by atoms with Gasteiger partial charge in [0.1, 0.15) is 4.47 Å². The lowest BCUT2D eigenvalue weighted by Gasteiger charge is -2.14. The Balaban J connectivity index is 2.84. The van der Waals surface area contributed by atoms with Crippen molar-refractivity contribution < 1.29 is 0 Å². The molecule has 0 saturated carbocycles. The van der Waals surface area contributed by atoms with Crippen molar-refractivity contribution in [1.29, 1.82) is 0 Å². The van der Waals surface area contributed by atoms with Crippen LogP contribution < -0.4 is 16.6 Å². The third-order valence-electron chi connectivity index (χ3n) is 2.60. The van der Waals surface area contributed by atoms with Gasteiger partial charge in [0.15, 0.2) is 0 Å². The highest BCUT2D eigenvalue weighted by atomic mass is 79.9. The fraction of sp³-hybridized carbons (Fsp3) is 0.667. The SMILES string of the molecule is CCC(N)CNc1cnn(CC(C)C)c(=O)c1Br. The molecule has 1 aromatic heterocycles.